The van der Waals surface area contributed by atoms with Crippen LogP contribution < -0.4 is 4.74 Å². The highest BCUT2D eigenvalue weighted by Crippen LogP contribution is 2.31. The molecule has 2 rings (SSSR count). The summed E-state index contributed by atoms with van der Waals surface area (Å²) >= 11 is 0. The number of alkyl halides is 2. The maximum atomic E-state index is 12.6. The summed E-state index contributed by atoms with van der Waals surface area (Å²) in [7, 11) is 0. The van der Waals surface area contributed by atoms with E-state index in [2.05, 4.69) is 0 Å². The van der Waals surface area contributed by atoms with Crippen LogP contribution in [-0.4, -0.2) is 19.0 Å². The minimum atomic E-state index is -1.41. The molecule has 0 saturated heterocycles. The average molecular weight is 196 g/mol. The van der Waals surface area contributed by atoms with Crippen LogP contribution in [0.15, 0.2) is 30.3 Å². The molecule has 1 aromatic rings. The Morgan fingerprint density at radius 1 is 1.14 bits per heavy atom. The molecule has 1 aromatic carbocycles. The number of benzene rings is 1. The van der Waals surface area contributed by atoms with E-state index in [9.17, 15) is 8.78 Å². The van der Waals surface area contributed by atoms with E-state index in [0.29, 0.717) is 5.75 Å². The lowest BCUT2D eigenvalue weighted by Crippen LogP contribution is -2.40. The lowest BCUT2D eigenvalue weighted by molar-refractivity contribution is 0.0599. The summed E-state index contributed by atoms with van der Waals surface area (Å²) in [4.78, 5) is 0. The van der Waals surface area contributed by atoms with Crippen molar-refractivity contribution in [3.63, 3.8) is 0 Å². The first-order valence-corrected chi connectivity index (χ1v) is 4.39. The van der Waals surface area contributed by atoms with Crippen LogP contribution in [0.3, 0.4) is 0 Å². The van der Waals surface area contributed by atoms with Crippen molar-refractivity contribution < 1.29 is 13.5 Å². The van der Waals surface area contributed by atoms with Crippen LogP contribution >= 0.6 is 0 Å². The van der Waals surface area contributed by atoms with Gasteiger partial charge in [0.15, 0.2) is 5.60 Å². The molecule has 0 radical (unpaired) electrons. The van der Waals surface area contributed by atoms with E-state index < -0.39 is 19.0 Å². The second kappa shape index (κ2) is 3.40. The molecule has 0 bridgehead atoms. The highest BCUT2D eigenvalue weighted by atomic mass is 19.1. The van der Waals surface area contributed by atoms with Gasteiger partial charge in [0.25, 0.3) is 0 Å². The van der Waals surface area contributed by atoms with Gasteiger partial charge in [0.05, 0.1) is 0 Å². The third-order valence-electron chi connectivity index (χ3n) is 2.25. The van der Waals surface area contributed by atoms with Crippen LogP contribution in [0.25, 0.3) is 6.08 Å². The number of fused-ring (bicyclic) bond motifs is 1. The van der Waals surface area contributed by atoms with Gasteiger partial charge in [-0.3, -0.25) is 0 Å². The van der Waals surface area contributed by atoms with Gasteiger partial charge >= 0.3 is 0 Å². The number of para-hydroxylation sites is 1. The fourth-order valence-corrected chi connectivity index (χ4v) is 1.39. The van der Waals surface area contributed by atoms with Gasteiger partial charge in [-0.15, -0.1) is 0 Å². The molecule has 3 heteroatoms. The zero-order chi connectivity index (χ0) is 10.0. The molecule has 0 N–H and O–H groups in total. The summed E-state index contributed by atoms with van der Waals surface area (Å²) in [5, 5.41) is 0. The molecule has 0 unspecified atom stereocenters. The third-order valence-corrected chi connectivity index (χ3v) is 2.25. The number of rotatable bonds is 2. The number of hydrogen-bond acceptors (Lipinski definition) is 1. The van der Waals surface area contributed by atoms with Crippen molar-refractivity contribution in [1.82, 2.24) is 0 Å². The first kappa shape index (κ1) is 9.19. The molecule has 1 heterocycles. The van der Waals surface area contributed by atoms with Gasteiger partial charge in [-0.2, -0.15) is 0 Å². The number of halogens is 2. The van der Waals surface area contributed by atoms with Gasteiger partial charge < -0.3 is 4.74 Å². The van der Waals surface area contributed by atoms with Crippen LogP contribution in [-0.2, 0) is 0 Å². The van der Waals surface area contributed by atoms with Crippen LogP contribution in [0.2, 0.25) is 0 Å². The van der Waals surface area contributed by atoms with Crippen molar-refractivity contribution in [1.29, 1.82) is 0 Å². The monoisotopic (exact) mass is 196 g/mol. The minimum absolute atomic E-state index is 0.533. The molecule has 74 valence electrons. The van der Waals surface area contributed by atoms with Crippen LogP contribution in [0, 0.1) is 0 Å². The van der Waals surface area contributed by atoms with Gasteiger partial charge in [0.2, 0.25) is 0 Å². The maximum absolute atomic E-state index is 12.6. The minimum Gasteiger partial charge on any atom is -0.477 e. The molecule has 1 nitrogen and oxygen atoms in total. The average Bonchev–Trinajstić information content (AvgIpc) is 2.28. The maximum Gasteiger partial charge on any atom is 0.184 e. The smallest absolute Gasteiger partial charge is 0.184 e. The lowest BCUT2D eigenvalue weighted by atomic mass is 10.0. The SMILES string of the molecule is FCC1(CF)C=Cc2ccccc2O1. The highest BCUT2D eigenvalue weighted by Gasteiger charge is 2.32. The van der Waals surface area contributed by atoms with E-state index in [1.165, 1.54) is 6.08 Å². The van der Waals surface area contributed by atoms with Crippen molar-refractivity contribution in [2.24, 2.45) is 0 Å². The molecule has 0 aliphatic carbocycles. The Hall–Kier alpha value is -1.38. The molecular formula is C11H10F2O. The first-order chi connectivity index (χ1) is 6.79. The standard InChI is InChI=1S/C11H10F2O/c12-7-11(8-13)6-5-9-3-1-2-4-10(9)14-11/h1-6H,7-8H2. The second-order valence-electron chi connectivity index (χ2n) is 3.31. The Morgan fingerprint density at radius 3 is 2.57 bits per heavy atom. The molecule has 1 aliphatic heterocycles. The molecule has 14 heavy (non-hydrogen) atoms. The largest absolute Gasteiger partial charge is 0.477 e. The zero-order valence-electron chi connectivity index (χ0n) is 7.54. The van der Waals surface area contributed by atoms with E-state index in [1.54, 1.807) is 18.2 Å². The number of ether oxygens (including phenoxy) is 1. The molecule has 1 aliphatic rings. The Labute approximate surface area is 81.0 Å². The van der Waals surface area contributed by atoms with Gasteiger partial charge in [0, 0.05) is 5.56 Å². The van der Waals surface area contributed by atoms with E-state index >= 15 is 0 Å². The molecule has 0 atom stereocenters. The summed E-state index contributed by atoms with van der Waals surface area (Å²) < 4.78 is 30.5. The quantitative estimate of drug-likeness (QED) is 0.706. The summed E-state index contributed by atoms with van der Waals surface area (Å²) in [5.41, 5.74) is -0.557. The van der Waals surface area contributed by atoms with Gasteiger partial charge in [-0.05, 0) is 12.1 Å². The van der Waals surface area contributed by atoms with Crippen molar-refractivity contribution in [3.05, 3.63) is 35.9 Å². The van der Waals surface area contributed by atoms with Crippen LogP contribution in [0.4, 0.5) is 8.78 Å². The lowest BCUT2D eigenvalue weighted by Gasteiger charge is -2.29. The first-order valence-electron chi connectivity index (χ1n) is 4.39. The summed E-state index contributed by atoms with van der Waals surface area (Å²) in [6.45, 7) is -1.71. The van der Waals surface area contributed by atoms with Crippen LogP contribution in [0.5, 0.6) is 5.75 Å². The normalized spacial score (nSPS) is 17.3. The topological polar surface area (TPSA) is 9.23 Å². The van der Waals surface area contributed by atoms with Crippen molar-refractivity contribution in [2.45, 2.75) is 5.60 Å². The van der Waals surface area contributed by atoms with Crippen molar-refractivity contribution in [3.8, 4) is 5.75 Å². The van der Waals surface area contributed by atoms with Gasteiger partial charge in [-0.25, -0.2) is 8.78 Å². The molecule has 0 spiro atoms. The summed E-state index contributed by atoms with van der Waals surface area (Å²) in [5.74, 6) is 0.533. The predicted molar refractivity (Wildman–Crippen MR) is 50.8 cm³/mol. The molecule has 0 fully saturated rings. The molecule has 0 amide bonds. The Morgan fingerprint density at radius 2 is 1.86 bits per heavy atom. The van der Waals surface area contributed by atoms with Crippen LogP contribution in [0.1, 0.15) is 5.56 Å². The second-order valence-corrected chi connectivity index (χ2v) is 3.31. The van der Waals surface area contributed by atoms with E-state index in [4.69, 9.17) is 4.74 Å². The fourth-order valence-electron chi connectivity index (χ4n) is 1.39. The molecule has 0 aromatic heterocycles. The van der Waals surface area contributed by atoms with E-state index in [1.807, 2.05) is 12.1 Å². The van der Waals surface area contributed by atoms with Gasteiger partial charge in [0.1, 0.15) is 19.1 Å². The highest BCUT2D eigenvalue weighted by molar-refractivity contribution is 5.60. The Kier molecular flexibility index (Phi) is 2.23. The van der Waals surface area contributed by atoms with Crippen molar-refractivity contribution in [2.75, 3.05) is 13.3 Å². The predicted octanol–water partition coefficient (Wildman–Crippen LogP) is 2.77. The zero-order valence-corrected chi connectivity index (χ0v) is 7.54. The van der Waals surface area contributed by atoms with E-state index in [-0.39, 0.29) is 0 Å². The molecule has 0 saturated carbocycles. The summed E-state index contributed by atoms with van der Waals surface area (Å²) in [6.07, 6.45) is 3.13. The number of hydrogen-bond donors (Lipinski definition) is 0. The Bertz CT molecular complexity index is 356. The Balaban J connectivity index is 2.37. The van der Waals surface area contributed by atoms with E-state index in [0.717, 1.165) is 5.56 Å². The third kappa shape index (κ3) is 1.39. The van der Waals surface area contributed by atoms with Gasteiger partial charge in [-0.1, -0.05) is 24.3 Å². The fraction of sp³-hybridized carbons (Fsp3) is 0.273. The summed E-state index contributed by atoms with van der Waals surface area (Å²) in [6, 6.07) is 7.18. The van der Waals surface area contributed by atoms with Crippen molar-refractivity contribution >= 4 is 6.08 Å². The molecular weight excluding hydrogens is 186 g/mol.